The molecule has 0 aliphatic carbocycles. The van der Waals surface area contributed by atoms with Crippen LogP contribution >= 0.6 is 0 Å². The van der Waals surface area contributed by atoms with E-state index >= 15 is 0 Å². The van der Waals surface area contributed by atoms with Gasteiger partial charge in [-0.2, -0.15) is 0 Å². The van der Waals surface area contributed by atoms with Crippen LogP contribution in [0.3, 0.4) is 0 Å². The van der Waals surface area contributed by atoms with Crippen LogP contribution in [-0.2, 0) is 18.2 Å². The topological polar surface area (TPSA) is 44.1 Å². The monoisotopic (exact) mass is 260 g/mol. The Morgan fingerprint density at radius 1 is 1.42 bits per heavy atom. The van der Waals surface area contributed by atoms with Crippen molar-refractivity contribution in [2.24, 2.45) is 13.0 Å². The van der Waals surface area contributed by atoms with Gasteiger partial charge in [0.05, 0.1) is 23.2 Å². The van der Waals surface area contributed by atoms with Gasteiger partial charge in [-0.1, -0.05) is 13.8 Å². The number of ether oxygens (including phenoxy) is 1. The lowest BCUT2D eigenvalue weighted by Gasteiger charge is -2.05. The maximum absolute atomic E-state index is 11.7. The fourth-order valence-electron chi connectivity index (χ4n) is 2.13. The van der Waals surface area contributed by atoms with Crippen molar-refractivity contribution in [2.45, 2.75) is 27.2 Å². The number of nitrogens with zero attached hydrogens (tertiary/aromatic N) is 2. The zero-order valence-corrected chi connectivity index (χ0v) is 11.9. The summed E-state index contributed by atoms with van der Waals surface area (Å²) >= 11 is 0. The molecule has 0 atom stereocenters. The molecule has 1 aromatic carbocycles. The number of fused-ring (bicyclic) bond motifs is 1. The molecule has 0 radical (unpaired) electrons. The Morgan fingerprint density at radius 2 is 2.16 bits per heavy atom. The molecule has 0 N–H and O–H groups in total. The maximum Gasteiger partial charge on any atom is 0.338 e. The van der Waals surface area contributed by atoms with Gasteiger partial charge in [0.1, 0.15) is 5.82 Å². The van der Waals surface area contributed by atoms with E-state index in [9.17, 15) is 4.79 Å². The van der Waals surface area contributed by atoms with Gasteiger partial charge in [-0.3, -0.25) is 0 Å². The second-order valence-electron chi connectivity index (χ2n) is 5.11. The van der Waals surface area contributed by atoms with Gasteiger partial charge in [0.25, 0.3) is 0 Å². The molecule has 0 amide bonds. The van der Waals surface area contributed by atoms with Crippen LogP contribution in [-0.4, -0.2) is 22.1 Å². The highest BCUT2D eigenvalue weighted by Gasteiger charge is 2.12. The van der Waals surface area contributed by atoms with E-state index in [4.69, 9.17) is 4.74 Å². The van der Waals surface area contributed by atoms with Gasteiger partial charge >= 0.3 is 5.97 Å². The Morgan fingerprint density at radius 3 is 2.79 bits per heavy atom. The first kappa shape index (κ1) is 13.6. The smallest absolute Gasteiger partial charge is 0.338 e. The first-order chi connectivity index (χ1) is 9.02. The lowest BCUT2D eigenvalue weighted by molar-refractivity contribution is 0.0526. The van der Waals surface area contributed by atoms with E-state index in [1.807, 2.05) is 19.2 Å². The Balaban J connectivity index is 2.42. The van der Waals surface area contributed by atoms with Crippen LogP contribution in [0.5, 0.6) is 0 Å². The number of aryl methyl sites for hydroxylation is 1. The minimum Gasteiger partial charge on any atom is -0.462 e. The minimum absolute atomic E-state index is 0.281. The van der Waals surface area contributed by atoms with Gasteiger partial charge in [0, 0.05) is 13.5 Å². The fraction of sp³-hybridized carbons (Fsp3) is 0.467. The summed E-state index contributed by atoms with van der Waals surface area (Å²) in [6, 6.07) is 5.50. The summed E-state index contributed by atoms with van der Waals surface area (Å²) in [4.78, 5) is 16.3. The third-order valence-electron chi connectivity index (χ3n) is 3.08. The van der Waals surface area contributed by atoms with Gasteiger partial charge in [-0.15, -0.1) is 0 Å². The standard InChI is InChI=1S/C15H20N2O2/c1-5-19-15(18)11-6-7-12-13(9-11)17(4)14(16-12)8-10(2)3/h6-7,9-10H,5,8H2,1-4H3. The number of imidazole rings is 1. The Hall–Kier alpha value is -1.84. The minimum atomic E-state index is -0.281. The largest absolute Gasteiger partial charge is 0.462 e. The van der Waals surface area contributed by atoms with Gasteiger partial charge in [-0.05, 0) is 31.0 Å². The zero-order valence-electron chi connectivity index (χ0n) is 11.9. The molecule has 19 heavy (non-hydrogen) atoms. The average Bonchev–Trinajstić information content (AvgIpc) is 2.65. The van der Waals surface area contributed by atoms with E-state index in [1.165, 1.54) is 0 Å². The van der Waals surface area contributed by atoms with Gasteiger partial charge in [0.15, 0.2) is 0 Å². The predicted molar refractivity (Wildman–Crippen MR) is 75.2 cm³/mol. The molecule has 1 heterocycles. The van der Waals surface area contributed by atoms with Crippen molar-refractivity contribution in [3.05, 3.63) is 29.6 Å². The van der Waals surface area contributed by atoms with Crippen molar-refractivity contribution >= 4 is 17.0 Å². The molecule has 4 heteroatoms. The van der Waals surface area contributed by atoms with Crippen molar-refractivity contribution in [3.63, 3.8) is 0 Å². The molecule has 0 aliphatic rings. The Bertz CT molecular complexity index is 599. The third-order valence-corrected chi connectivity index (χ3v) is 3.08. The van der Waals surface area contributed by atoms with Crippen molar-refractivity contribution < 1.29 is 9.53 Å². The molecular formula is C15H20N2O2. The van der Waals surface area contributed by atoms with E-state index in [0.717, 1.165) is 23.3 Å². The molecule has 0 saturated heterocycles. The molecule has 4 nitrogen and oxygen atoms in total. The second kappa shape index (κ2) is 5.43. The van der Waals surface area contributed by atoms with E-state index in [2.05, 4.69) is 23.4 Å². The van der Waals surface area contributed by atoms with E-state index < -0.39 is 0 Å². The van der Waals surface area contributed by atoms with Crippen LogP contribution in [0.2, 0.25) is 0 Å². The second-order valence-corrected chi connectivity index (χ2v) is 5.11. The molecular weight excluding hydrogens is 240 g/mol. The lowest BCUT2D eigenvalue weighted by atomic mass is 10.1. The van der Waals surface area contributed by atoms with Crippen LogP contribution in [0.1, 0.15) is 37.0 Å². The van der Waals surface area contributed by atoms with E-state index in [1.54, 1.807) is 13.0 Å². The Kier molecular flexibility index (Phi) is 3.88. The first-order valence-corrected chi connectivity index (χ1v) is 6.65. The summed E-state index contributed by atoms with van der Waals surface area (Å²) in [5.41, 5.74) is 2.47. The molecule has 102 valence electrons. The molecule has 0 aliphatic heterocycles. The van der Waals surface area contributed by atoms with Crippen LogP contribution in [0.4, 0.5) is 0 Å². The molecule has 2 rings (SSSR count). The summed E-state index contributed by atoms with van der Waals surface area (Å²) < 4.78 is 7.07. The highest BCUT2D eigenvalue weighted by atomic mass is 16.5. The highest BCUT2D eigenvalue weighted by molar-refractivity contribution is 5.93. The third kappa shape index (κ3) is 2.78. The number of benzene rings is 1. The number of carbonyl (C=O) groups is 1. The van der Waals surface area contributed by atoms with Gasteiger partial charge in [-0.25, -0.2) is 9.78 Å². The van der Waals surface area contributed by atoms with Crippen LogP contribution < -0.4 is 0 Å². The van der Waals surface area contributed by atoms with Crippen molar-refractivity contribution in [3.8, 4) is 0 Å². The molecule has 0 saturated carbocycles. The first-order valence-electron chi connectivity index (χ1n) is 6.65. The maximum atomic E-state index is 11.7. The van der Waals surface area contributed by atoms with E-state index in [-0.39, 0.29) is 5.97 Å². The van der Waals surface area contributed by atoms with Crippen LogP contribution in [0.15, 0.2) is 18.2 Å². The summed E-state index contributed by atoms with van der Waals surface area (Å²) in [5.74, 6) is 1.32. The normalized spacial score (nSPS) is 11.2. The van der Waals surface area contributed by atoms with Crippen LogP contribution in [0.25, 0.3) is 11.0 Å². The Labute approximate surface area is 113 Å². The average molecular weight is 260 g/mol. The fourth-order valence-corrected chi connectivity index (χ4v) is 2.13. The number of hydrogen-bond donors (Lipinski definition) is 0. The molecule has 0 unspecified atom stereocenters. The highest BCUT2D eigenvalue weighted by Crippen LogP contribution is 2.19. The number of carbonyl (C=O) groups excluding carboxylic acids is 1. The SMILES string of the molecule is CCOC(=O)c1ccc2nc(CC(C)C)n(C)c2c1. The summed E-state index contributed by atoms with van der Waals surface area (Å²) in [7, 11) is 1.99. The summed E-state index contributed by atoms with van der Waals surface area (Å²) in [5, 5.41) is 0. The number of rotatable bonds is 4. The summed E-state index contributed by atoms with van der Waals surface area (Å²) in [6.07, 6.45) is 0.930. The summed E-state index contributed by atoms with van der Waals surface area (Å²) in [6.45, 7) is 6.54. The molecule has 0 bridgehead atoms. The van der Waals surface area contributed by atoms with Crippen molar-refractivity contribution in [1.29, 1.82) is 0 Å². The molecule has 2 aromatic rings. The molecule has 1 aromatic heterocycles. The molecule has 0 fully saturated rings. The van der Waals surface area contributed by atoms with Crippen molar-refractivity contribution in [2.75, 3.05) is 6.61 Å². The molecule has 0 spiro atoms. The van der Waals surface area contributed by atoms with Crippen molar-refractivity contribution in [1.82, 2.24) is 9.55 Å². The zero-order chi connectivity index (χ0) is 14.0. The van der Waals surface area contributed by atoms with E-state index in [0.29, 0.717) is 18.1 Å². The predicted octanol–water partition coefficient (Wildman–Crippen LogP) is 2.95. The van der Waals surface area contributed by atoms with Crippen LogP contribution in [0, 0.1) is 5.92 Å². The number of aromatic nitrogens is 2. The lowest BCUT2D eigenvalue weighted by Crippen LogP contribution is -2.05. The van der Waals surface area contributed by atoms with Gasteiger partial charge < -0.3 is 9.30 Å². The quantitative estimate of drug-likeness (QED) is 0.794. The number of esters is 1. The number of hydrogen-bond acceptors (Lipinski definition) is 3. The van der Waals surface area contributed by atoms with Gasteiger partial charge in [0.2, 0.25) is 0 Å².